The molecule has 0 heterocycles. The molecule has 2 aromatic carbocycles. The van der Waals surface area contributed by atoms with Gasteiger partial charge in [-0.1, -0.05) is 31.2 Å². The van der Waals surface area contributed by atoms with Gasteiger partial charge in [0.15, 0.2) is 5.96 Å². The van der Waals surface area contributed by atoms with Crippen LogP contribution in [0.4, 0.5) is 0 Å². The van der Waals surface area contributed by atoms with E-state index in [0.717, 1.165) is 35.8 Å². The lowest BCUT2D eigenvalue weighted by molar-refractivity contribution is 0.100. The Morgan fingerprint density at radius 3 is 2.48 bits per heavy atom. The van der Waals surface area contributed by atoms with Crippen molar-refractivity contribution in [3.05, 3.63) is 64.7 Å². The summed E-state index contributed by atoms with van der Waals surface area (Å²) in [4.78, 5) is 15.8. The Kier molecular flexibility index (Phi) is 8.52. The SMILES string of the molecule is CCNC(=NCc1ccc(C(N)=O)cc1)NCc1ccc(C)cc1OC(C)CC. The first-order valence-electron chi connectivity index (χ1n) is 10.1. The van der Waals surface area contributed by atoms with E-state index in [4.69, 9.17) is 10.5 Å². The van der Waals surface area contributed by atoms with Gasteiger partial charge in [-0.25, -0.2) is 4.99 Å². The summed E-state index contributed by atoms with van der Waals surface area (Å²) in [5, 5.41) is 6.63. The molecular formula is C23H32N4O2. The molecule has 4 N–H and O–H groups in total. The minimum Gasteiger partial charge on any atom is -0.490 e. The highest BCUT2D eigenvalue weighted by molar-refractivity contribution is 5.92. The lowest BCUT2D eigenvalue weighted by Gasteiger charge is -2.18. The van der Waals surface area contributed by atoms with Crippen molar-refractivity contribution in [3.63, 3.8) is 0 Å². The van der Waals surface area contributed by atoms with Crippen molar-refractivity contribution in [1.29, 1.82) is 0 Å². The van der Waals surface area contributed by atoms with E-state index in [1.54, 1.807) is 12.1 Å². The lowest BCUT2D eigenvalue weighted by atomic mass is 10.1. The molecule has 156 valence electrons. The molecule has 0 fully saturated rings. The number of aliphatic imine (C=N–C) groups is 1. The van der Waals surface area contributed by atoms with Gasteiger partial charge in [-0.2, -0.15) is 0 Å². The van der Waals surface area contributed by atoms with Crippen LogP contribution in [0, 0.1) is 6.92 Å². The van der Waals surface area contributed by atoms with Crippen molar-refractivity contribution in [1.82, 2.24) is 10.6 Å². The fraction of sp³-hybridized carbons (Fsp3) is 0.391. The quantitative estimate of drug-likeness (QED) is 0.447. The number of amides is 1. The van der Waals surface area contributed by atoms with E-state index in [9.17, 15) is 4.79 Å². The third kappa shape index (κ3) is 7.14. The second-order valence-electron chi connectivity index (χ2n) is 7.06. The standard InChI is InChI=1S/C23H32N4O2/c1-5-17(4)29-21-13-16(3)7-10-20(21)15-27-23(25-6-2)26-14-18-8-11-19(12-9-18)22(24)28/h7-13,17H,5-6,14-15H2,1-4H3,(H2,24,28)(H2,25,26,27). The summed E-state index contributed by atoms with van der Waals surface area (Å²) in [6, 6.07) is 13.4. The van der Waals surface area contributed by atoms with Crippen LogP contribution in [0.2, 0.25) is 0 Å². The first-order valence-corrected chi connectivity index (χ1v) is 10.1. The number of ether oxygens (including phenoxy) is 1. The highest BCUT2D eigenvalue weighted by Gasteiger charge is 2.09. The summed E-state index contributed by atoms with van der Waals surface area (Å²) in [6.45, 7) is 10.2. The highest BCUT2D eigenvalue weighted by atomic mass is 16.5. The number of nitrogens with zero attached hydrogens (tertiary/aromatic N) is 1. The van der Waals surface area contributed by atoms with E-state index in [2.05, 4.69) is 54.6 Å². The van der Waals surface area contributed by atoms with Gasteiger partial charge in [-0.3, -0.25) is 4.79 Å². The van der Waals surface area contributed by atoms with Gasteiger partial charge in [0.25, 0.3) is 0 Å². The molecule has 0 aliphatic carbocycles. The Bertz CT molecular complexity index is 831. The highest BCUT2D eigenvalue weighted by Crippen LogP contribution is 2.22. The molecule has 2 rings (SSSR count). The molecule has 0 aliphatic rings. The lowest BCUT2D eigenvalue weighted by Crippen LogP contribution is -2.37. The number of rotatable bonds is 9. The molecular weight excluding hydrogens is 364 g/mol. The Morgan fingerprint density at radius 2 is 1.86 bits per heavy atom. The molecule has 1 unspecified atom stereocenters. The minimum atomic E-state index is -0.427. The topological polar surface area (TPSA) is 88.7 Å². The van der Waals surface area contributed by atoms with Crippen molar-refractivity contribution >= 4 is 11.9 Å². The van der Waals surface area contributed by atoms with Gasteiger partial charge in [-0.15, -0.1) is 0 Å². The number of guanidine groups is 1. The first-order chi connectivity index (χ1) is 13.9. The number of hydrogen-bond donors (Lipinski definition) is 3. The Hall–Kier alpha value is -3.02. The number of carbonyl (C=O) groups excluding carboxylic acids is 1. The second kappa shape index (κ2) is 11.1. The summed E-state index contributed by atoms with van der Waals surface area (Å²) in [5.74, 6) is 1.20. The summed E-state index contributed by atoms with van der Waals surface area (Å²) < 4.78 is 6.09. The second-order valence-corrected chi connectivity index (χ2v) is 7.06. The van der Waals surface area contributed by atoms with E-state index in [0.29, 0.717) is 18.7 Å². The molecule has 0 aliphatic heterocycles. The smallest absolute Gasteiger partial charge is 0.248 e. The molecule has 0 aromatic heterocycles. The number of primary amides is 1. The van der Waals surface area contributed by atoms with Gasteiger partial charge < -0.3 is 21.1 Å². The van der Waals surface area contributed by atoms with Gasteiger partial charge in [0.1, 0.15) is 5.75 Å². The van der Waals surface area contributed by atoms with Crippen LogP contribution >= 0.6 is 0 Å². The Labute approximate surface area is 173 Å². The van der Waals surface area contributed by atoms with Crippen LogP contribution in [0.15, 0.2) is 47.5 Å². The molecule has 0 spiro atoms. The van der Waals surface area contributed by atoms with Crippen LogP contribution < -0.4 is 21.1 Å². The maximum absolute atomic E-state index is 11.2. The zero-order valence-electron chi connectivity index (χ0n) is 17.8. The average Bonchev–Trinajstić information content (AvgIpc) is 2.71. The zero-order valence-corrected chi connectivity index (χ0v) is 17.8. The Balaban J connectivity index is 2.07. The number of carbonyl (C=O) groups is 1. The molecule has 0 bridgehead atoms. The van der Waals surface area contributed by atoms with Crippen LogP contribution in [-0.2, 0) is 13.1 Å². The van der Waals surface area contributed by atoms with Gasteiger partial charge >= 0.3 is 0 Å². The van der Waals surface area contributed by atoms with Gasteiger partial charge in [0.05, 0.1) is 12.6 Å². The van der Waals surface area contributed by atoms with Crippen LogP contribution in [0.25, 0.3) is 0 Å². The summed E-state index contributed by atoms with van der Waals surface area (Å²) in [5.41, 5.74) is 9.05. The molecule has 6 nitrogen and oxygen atoms in total. The van der Waals surface area contributed by atoms with Crippen molar-refractivity contribution in [2.75, 3.05) is 6.54 Å². The number of nitrogens with one attached hydrogen (secondary N) is 2. The largest absolute Gasteiger partial charge is 0.490 e. The van der Waals surface area contributed by atoms with Crippen molar-refractivity contribution in [2.45, 2.75) is 53.3 Å². The maximum atomic E-state index is 11.2. The third-order valence-corrected chi connectivity index (χ3v) is 4.57. The van der Waals surface area contributed by atoms with Crippen molar-refractivity contribution in [2.24, 2.45) is 10.7 Å². The molecule has 1 amide bonds. The molecule has 0 saturated carbocycles. The summed E-state index contributed by atoms with van der Waals surface area (Å²) in [7, 11) is 0. The Morgan fingerprint density at radius 1 is 1.14 bits per heavy atom. The fourth-order valence-corrected chi connectivity index (χ4v) is 2.68. The molecule has 6 heteroatoms. The van der Waals surface area contributed by atoms with Gasteiger partial charge in [-0.05, 0) is 56.5 Å². The average molecular weight is 397 g/mol. The predicted octanol–water partition coefficient (Wildman–Crippen LogP) is 3.53. The molecule has 29 heavy (non-hydrogen) atoms. The number of hydrogen-bond acceptors (Lipinski definition) is 3. The van der Waals surface area contributed by atoms with Crippen LogP contribution in [0.1, 0.15) is 54.2 Å². The minimum absolute atomic E-state index is 0.167. The van der Waals surface area contributed by atoms with Crippen molar-refractivity contribution in [3.8, 4) is 5.75 Å². The molecule has 0 saturated heterocycles. The van der Waals surface area contributed by atoms with E-state index < -0.39 is 5.91 Å². The maximum Gasteiger partial charge on any atom is 0.248 e. The molecule has 1 atom stereocenters. The van der Waals surface area contributed by atoms with Crippen molar-refractivity contribution < 1.29 is 9.53 Å². The number of nitrogens with two attached hydrogens (primary N) is 1. The summed E-state index contributed by atoms with van der Waals surface area (Å²) in [6.07, 6.45) is 1.13. The third-order valence-electron chi connectivity index (χ3n) is 4.57. The van der Waals surface area contributed by atoms with Gasteiger partial charge in [0, 0.05) is 24.2 Å². The normalized spacial score (nSPS) is 12.3. The number of aryl methyl sites for hydroxylation is 1. The molecule has 0 radical (unpaired) electrons. The summed E-state index contributed by atoms with van der Waals surface area (Å²) >= 11 is 0. The van der Waals surface area contributed by atoms with E-state index in [1.807, 2.05) is 19.1 Å². The van der Waals surface area contributed by atoms with E-state index in [1.165, 1.54) is 5.56 Å². The van der Waals surface area contributed by atoms with Crippen LogP contribution in [-0.4, -0.2) is 24.5 Å². The number of benzene rings is 2. The van der Waals surface area contributed by atoms with Crippen LogP contribution in [0.5, 0.6) is 5.75 Å². The van der Waals surface area contributed by atoms with Crippen LogP contribution in [0.3, 0.4) is 0 Å². The first kappa shape index (κ1) is 22.3. The molecule has 2 aromatic rings. The fourth-order valence-electron chi connectivity index (χ4n) is 2.68. The van der Waals surface area contributed by atoms with Gasteiger partial charge in [0.2, 0.25) is 5.91 Å². The predicted molar refractivity (Wildman–Crippen MR) is 118 cm³/mol. The van der Waals surface area contributed by atoms with E-state index in [-0.39, 0.29) is 6.10 Å². The van der Waals surface area contributed by atoms with E-state index >= 15 is 0 Å². The zero-order chi connectivity index (χ0) is 21.2. The monoisotopic (exact) mass is 396 g/mol.